The van der Waals surface area contributed by atoms with Crippen LogP contribution in [0.3, 0.4) is 0 Å². The molecule has 1 aromatic rings. The molecular weight excluding hydrogens is 227 g/mol. The first-order valence-electron chi connectivity index (χ1n) is 5.65. The molecule has 1 fully saturated rings. The fourth-order valence-corrected chi connectivity index (χ4v) is 2.33. The predicted molar refractivity (Wildman–Crippen MR) is 65.7 cm³/mol. The number of piperazine rings is 1. The standard InChI is InChI=1S/C12H16ClFN2/c1-2-9-8-15-6-7-16(9)11-5-3-4-10(13)12(11)14/h3-5,9,15H,2,6-8H2,1H3. The normalized spacial score (nSPS) is 21.2. The maximum Gasteiger partial charge on any atom is 0.165 e. The van der Waals surface area contributed by atoms with Gasteiger partial charge in [-0.05, 0) is 18.6 Å². The van der Waals surface area contributed by atoms with Crippen molar-refractivity contribution >= 4 is 17.3 Å². The zero-order valence-electron chi connectivity index (χ0n) is 9.34. The molecular formula is C12H16ClFN2. The van der Waals surface area contributed by atoms with Crippen LogP contribution < -0.4 is 10.2 Å². The Balaban J connectivity index is 2.30. The molecule has 16 heavy (non-hydrogen) atoms. The summed E-state index contributed by atoms with van der Waals surface area (Å²) in [5.74, 6) is -0.301. The van der Waals surface area contributed by atoms with E-state index in [-0.39, 0.29) is 10.8 Å². The lowest BCUT2D eigenvalue weighted by Crippen LogP contribution is -2.51. The third-order valence-corrected chi connectivity index (χ3v) is 3.35. The largest absolute Gasteiger partial charge is 0.364 e. The highest BCUT2D eigenvalue weighted by Crippen LogP contribution is 2.28. The molecule has 1 saturated heterocycles. The molecule has 4 heteroatoms. The van der Waals surface area contributed by atoms with Crippen LogP contribution in [0.4, 0.5) is 10.1 Å². The second-order valence-corrected chi connectivity index (χ2v) is 4.44. The molecule has 0 spiro atoms. The number of rotatable bonds is 2. The minimum atomic E-state index is -0.301. The summed E-state index contributed by atoms with van der Waals surface area (Å²) in [6.07, 6.45) is 0.999. The summed E-state index contributed by atoms with van der Waals surface area (Å²) in [5.41, 5.74) is 0.626. The van der Waals surface area contributed by atoms with Crippen LogP contribution in [0.2, 0.25) is 5.02 Å². The topological polar surface area (TPSA) is 15.3 Å². The van der Waals surface area contributed by atoms with E-state index in [1.54, 1.807) is 18.2 Å². The zero-order valence-corrected chi connectivity index (χ0v) is 10.1. The molecule has 1 aromatic carbocycles. The first-order chi connectivity index (χ1) is 7.74. The highest BCUT2D eigenvalue weighted by Gasteiger charge is 2.23. The number of anilines is 1. The molecule has 2 rings (SSSR count). The molecule has 0 amide bonds. The van der Waals surface area contributed by atoms with E-state index in [4.69, 9.17) is 11.6 Å². The third kappa shape index (κ3) is 2.15. The summed E-state index contributed by atoms with van der Waals surface area (Å²) in [6, 6.07) is 5.54. The second kappa shape index (κ2) is 5.02. The van der Waals surface area contributed by atoms with Crippen molar-refractivity contribution in [3.8, 4) is 0 Å². The first-order valence-corrected chi connectivity index (χ1v) is 6.03. The molecule has 1 heterocycles. The Hall–Kier alpha value is -0.800. The second-order valence-electron chi connectivity index (χ2n) is 4.03. The Labute approximate surface area is 100 Å². The Bertz CT molecular complexity index is 370. The van der Waals surface area contributed by atoms with E-state index in [1.165, 1.54) is 0 Å². The van der Waals surface area contributed by atoms with E-state index in [0.29, 0.717) is 11.7 Å². The van der Waals surface area contributed by atoms with Gasteiger partial charge in [-0.2, -0.15) is 0 Å². The number of hydrogen-bond donors (Lipinski definition) is 1. The van der Waals surface area contributed by atoms with Crippen molar-refractivity contribution in [1.29, 1.82) is 0 Å². The number of nitrogens with one attached hydrogen (secondary N) is 1. The van der Waals surface area contributed by atoms with Gasteiger partial charge in [0.1, 0.15) is 0 Å². The molecule has 2 nitrogen and oxygen atoms in total. The monoisotopic (exact) mass is 242 g/mol. The van der Waals surface area contributed by atoms with E-state index in [9.17, 15) is 4.39 Å². The molecule has 0 radical (unpaired) electrons. The first kappa shape index (κ1) is 11.7. The molecule has 88 valence electrons. The quantitative estimate of drug-likeness (QED) is 0.858. The summed E-state index contributed by atoms with van der Waals surface area (Å²) in [4.78, 5) is 2.11. The number of hydrogen-bond acceptors (Lipinski definition) is 2. The fraction of sp³-hybridized carbons (Fsp3) is 0.500. The number of nitrogens with zero attached hydrogens (tertiary/aromatic N) is 1. The van der Waals surface area contributed by atoms with Crippen LogP contribution in [-0.4, -0.2) is 25.7 Å². The van der Waals surface area contributed by atoms with Crippen molar-refractivity contribution in [3.63, 3.8) is 0 Å². The van der Waals surface area contributed by atoms with Gasteiger partial charge in [0, 0.05) is 25.7 Å². The van der Waals surface area contributed by atoms with Gasteiger partial charge in [0.05, 0.1) is 10.7 Å². The van der Waals surface area contributed by atoms with E-state index in [0.717, 1.165) is 26.1 Å². The van der Waals surface area contributed by atoms with Crippen LogP contribution in [0, 0.1) is 5.82 Å². The van der Waals surface area contributed by atoms with Gasteiger partial charge in [-0.3, -0.25) is 0 Å². The molecule has 0 saturated carbocycles. The molecule has 1 N–H and O–H groups in total. The summed E-state index contributed by atoms with van der Waals surface area (Å²) >= 11 is 5.81. The van der Waals surface area contributed by atoms with Crippen molar-refractivity contribution in [2.24, 2.45) is 0 Å². The highest BCUT2D eigenvalue weighted by molar-refractivity contribution is 6.31. The summed E-state index contributed by atoms with van der Waals surface area (Å²) in [5, 5.41) is 3.52. The lowest BCUT2D eigenvalue weighted by Gasteiger charge is -2.37. The molecule has 1 aliphatic heterocycles. The van der Waals surface area contributed by atoms with Gasteiger partial charge in [0.25, 0.3) is 0 Å². The molecule has 1 aliphatic rings. The van der Waals surface area contributed by atoms with E-state index in [1.807, 2.05) is 0 Å². The number of halogens is 2. The van der Waals surface area contributed by atoms with Gasteiger partial charge >= 0.3 is 0 Å². The smallest absolute Gasteiger partial charge is 0.165 e. The lowest BCUT2D eigenvalue weighted by atomic mass is 10.1. The van der Waals surface area contributed by atoms with Gasteiger partial charge in [-0.25, -0.2) is 4.39 Å². The summed E-state index contributed by atoms with van der Waals surface area (Å²) in [7, 11) is 0. The maximum atomic E-state index is 13.9. The SMILES string of the molecule is CCC1CNCCN1c1cccc(Cl)c1F. The fourth-order valence-electron chi connectivity index (χ4n) is 2.16. The summed E-state index contributed by atoms with van der Waals surface area (Å²) in [6.45, 7) is 4.74. The van der Waals surface area contributed by atoms with Gasteiger partial charge < -0.3 is 10.2 Å². The van der Waals surface area contributed by atoms with Gasteiger partial charge in [-0.1, -0.05) is 24.6 Å². The van der Waals surface area contributed by atoms with Crippen molar-refractivity contribution in [3.05, 3.63) is 29.0 Å². The van der Waals surface area contributed by atoms with Crippen molar-refractivity contribution in [2.75, 3.05) is 24.5 Å². The van der Waals surface area contributed by atoms with E-state index >= 15 is 0 Å². The third-order valence-electron chi connectivity index (χ3n) is 3.06. The maximum absolute atomic E-state index is 13.9. The predicted octanol–water partition coefficient (Wildman–Crippen LogP) is 2.67. The van der Waals surface area contributed by atoms with Crippen LogP contribution in [0.25, 0.3) is 0 Å². The minimum Gasteiger partial charge on any atom is -0.364 e. The Morgan fingerprint density at radius 1 is 1.56 bits per heavy atom. The van der Waals surface area contributed by atoms with Crippen LogP contribution in [-0.2, 0) is 0 Å². The van der Waals surface area contributed by atoms with Crippen molar-refractivity contribution in [1.82, 2.24) is 5.32 Å². The lowest BCUT2D eigenvalue weighted by molar-refractivity contribution is 0.459. The van der Waals surface area contributed by atoms with Gasteiger partial charge in [-0.15, -0.1) is 0 Å². The van der Waals surface area contributed by atoms with Gasteiger partial charge in [0.15, 0.2) is 5.82 Å². The zero-order chi connectivity index (χ0) is 11.5. The van der Waals surface area contributed by atoms with Crippen LogP contribution in [0.5, 0.6) is 0 Å². The van der Waals surface area contributed by atoms with Crippen molar-refractivity contribution < 1.29 is 4.39 Å². The minimum absolute atomic E-state index is 0.200. The van der Waals surface area contributed by atoms with E-state index < -0.39 is 0 Å². The molecule has 1 atom stereocenters. The molecule has 0 aromatic heterocycles. The van der Waals surface area contributed by atoms with Crippen LogP contribution in [0.15, 0.2) is 18.2 Å². The van der Waals surface area contributed by atoms with Crippen molar-refractivity contribution in [2.45, 2.75) is 19.4 Å². The summed E-state index contributed by atoms with van der Waals surface area (Å²) < 4.78 is 13.9. The Morgan fingerprint density at radius 2 is 2.38 bits per heavy atom. The molecule has 0 aliphatic carbocycles. The Morgan fingerprint density at radius 3 is 3.12 bits per heavy atom. The Kier molecular flexibility index (Phi) is 3.66. The molecule has 1 unspecified atom stereocenters. The van der Waals surface area contributed by atoms with Gasteiger partial charge in [0.2, 0.25) is 0 Å². The van der Waals surface area contributed by atoms with E-state index in [2.05, 4.69) is 17.1 Å². The average molecular weight is 243 g/mol. The highest BCUT2D eigenvalue weighted by atomic mass is 35.5. The molecule has 0 bridgehead atoms. The van der Waals surface area contributed by atoms with Crippen LogP contribution in [0.1, 0.15) is 13.3 Å². The number of benzene rings is 1. The van der Waals surface area contributed by atoms with Crippen LogP contribution >= 0.6 is 11.6 Å². The average Bonchev–Trinajstić information content (AvgIpc) is 2.33.